The number of carbonyl (C=O) groups excluding carboxylic acids is 1. The molecule has 4 N–H and O–H groups in total. The van der Waals surface area contributed by atoms with Gasteiger partial charge < -0.3 is 34.6 Å². The van der Waals surface area contributed by atoms with E-state index in [4.69, 9.17) is 19.3 Å². The van der Waals surface area contributed by atoms with Crippen LogP contribution in [0.4, 0.5) is 0 Å². The molecule has 5 atom stereocenters. The minimum absolute atomic E-state index is 0.178. The van der Waals surface area contributed by atoms with Crippen LogP contribution in [0, 0.1) is 0 Å². The van der Waals surface area contributed by atoms with Crippen LogP contribution >= 0.6 is 0 Å². The summed E-state index contributed by atoms with van der Waals surface area (Å²) in [5.74, 6) is 0.416. The average Bonchev–Trinajstić information content (AvgIpc) is 2.55. The molecular formula is C14H18O8. The minimum atomic E-state index is -1.53. The topological polar surface area (TPSA) is 126 Å². The van der Waals surface area contributed by atoms with Gasteiger partial charge in [-0.1, -0.05) is 0 Å². The molecule has 2 rings (SSSR count). The fourth-order valence-electron chi connectivity index (χ4n) is 2.14. The zero-order chi connectivity index (χ0) is 16.3. The third kappa shape index (κ3) is 3.21. The van der Waals surface area contributed by atoms with Crippen molar-refractivity contribution in [3.8, 4) is 11.5 Å². The van der Waals surface area contributed by atoms with Crippen molar-refractivity contribution in [1.29, 1.82) is 0 Å². The van der Waals surface area contributed by atoms with Crippen molar-refractivity contribution in [2.75, 3.05) is 13.7 Å². The number of aliphatic hydroxyl groups excluding tert-OH is 4. The first-order valence-corrected chi connectivity index (χ1v) is 6.62. The maximum atomic E-state index is 10.7. The Balaban J connectivity index is 2.20. The summed E-state index contributed by atoms with van der Waals surface area (Å²) in [5, 5.41) is 38.4. The average molecular weight is 314 g/mol. The number of hydrogen-bond acceptors (Lipinski definition) is 8. The molecule has 1 fully saturated rings. The highest BCUT2D eigenvalue weighted by molar-refractivity contribution is 5.76. The summed E-state index contributed by atoms with van der Waals surface area (Å²) in [4.78, 5) is 10.7. The van der Waals surface area contributed by atoms with Crippen LogP contribution in [-0.2, 0) is 4.74 Å². The van der Waals surface area contributed by atoms with Crippen molar-refractivity contribution < 1.29 is 39.4 Å². The quantitative estimate of drug-likeness (QED) is 0.493. The van der Waals surface area contributed by atoms with E-state index >= 15 is 0 Å². The van der Waals surface area contributed by atoms with Gasteiger partial charge in [0.15, 0.2) is 11.5 Å². The highest BCUT2D eigenvalue weighted by Gasteiger charge is 2.44. The molecule has 1 aliphatic rings. The summed E-state index contributed by atoms with van der Waals surface area (Å²) >= 11 is 0. The van der Waals surface area contributed by atoms with Crippen LogP contribution in [0.15, 0.2) is 18.2 Å². The highest BCUT2D eigenvalue weighted by Crippen LogP contribution is 2.31. The number of methoxy groups -OCH3 is 1. The van der Waals surface area contributed by atoms with Gasteiger partial charge in [0.25, 0.3) is 0 Å². The van der Waals surface area contributed by atoms with E-state index in [-0.39, 0.29) is 11.5 Å². The lowest BCUT2D eigenvalue weighted by Gasteiger charge is -2.39. The van der Waals surface area contributed by atoms with E-state index in [2.05, 4.69) is 0 Å². The van der Waals surface area contributed by atoms with Gasteiger partial charge in [-0.25, -0.2) is 0 Å². The molecule has 122 valence electrons. The zero-order valence-electron chi connectivity index (χ0n) is 11.8. The van der Waals surface area contributed by atoms with Gasteiger partial charge >= 0.3 is 0 Å². The molecule has 0 aliphatic carbocycles. The normalized spacial score (nSPS) is 31.6. The Hall–Kier alpha value is -1.71. The molecule has 8 heteroatoms. The molecule has 1 saturated heterocycles. The van der Waals surface area contributed by atoms with E-state index < -0.39 is 37.3 Å². The number of aliphatic hydroxyl groups is 4. The number of carbonyl (C=O) groups is 1. The molecule has 0 aromatic heterocycles. The summed E-state index contributed by atoms with van der Waals surface area (Å²) in [7, 11) is 1.38. The summed E-state index contributed by atoms with van der Waals surface area (Å²) in [6.07, 6.45) is -6.25. The van der Waals surface area contributed by atoms with Gasteiger partial charge in [-0.3, -0.25) is 4.79 Å². The van der Waals surface area contributed by atoms with Gasteiger partial charge in [-0.05, 0) is 18.2 Å². The lowest BCUT2D eigenvalue weighted by molar-refractivity contribution is -0.277. The van der Waals surface area contributed by atoms with Gasteiger partial charge in [0.1, 0.15) is 30.7 Å². The van der Waals surface area contributed by atoms with Gasteiger partial charge in [0, 0.05) is 5.56 Å². The van der Waals surface area contributed by atoms with E-state index in [1.807, 2.05) is 0 Å². The maximum Gasteiger partial charge on any atom is 0.229 e. The Morgan fingerprint density at radius 2 is 1.91 bits per heavy atom. The minimum Gasteiger partial charge on any atom is -0.493 e. The van der Waals surface area contributed by atoms with Gasteiger partial charge in [-0.15, -0.1) is 0 Å². The zero-order valence-corrected chi connectivity index (χ0v) is 11.8. The monoisotopic (exact) mass is 314 g/mol. The number of aldehydes is 1. The predicted molar refractivity (Wildman–Crippen MR) is 72.8 cm³/mol. The Labute approximate surface area is 126 Å². The molecule has 0 radical (unpaired) electrons. The van der Waals surface area contributed by atoms with E-state index in [9.17, 15) is 20.1 Å². The van der Waals surface area contributed by atoms with Crippen molar-refractivity contribution >= 4 is 6.29 Å². The molecule has 1 aliphatic heterocycles. The van der Waals surface area contributed by atoms with Crippen molar-refractivity contribution in [2.45, 2.75) is 30.7 Å². The lowest BCUT2D eigenvalue weighted by atomic mass is 9.99. The molecule has 0 spiro atoms. The van der Waals surface area contributed by atoms with Gasteiger partial charge in [-0.2, -0.15) is 0 Å². The molecule has 0 saturated carbocycles. The smallest absolute Gasteiger partial charge is 0.229 e. The third-order valence-corrected chi connectivity index (χ3v) is 3.42. The number of rotatable bonds is 5. The Morgan fingerprint density at radius 3 is 2.50 bits per heavy atom. The Kier molecular flexibility index (Phi) is 5.33. The van der Waals surface area contributed by atoms with Crippen LogP contribution in [0.25, 0.3) is 0 Å². The molecular weight excluding hydrogens is 296 g/mol. The van der Waals surface area contributed by atoms with Crippen LogP contribution in [-0.4, -0.2) is 71.1 Å². The Bertz CT molecular complexity index is 518. The molecule has 1 aromatic rings. The molecule has 0 amide bonds. The van der Waals surface area contributed by atoms with Crippen LogP contribution < -0.4 is 9.47 Å². The number of benzene rings is 1. The SMILES string of the molecule is COc1cc(C=O)ccc1O[C@H]1O[C@H](CO)[C@@H](O)[C@H](O)[C@H]1O. The molecule has 22 heavy (non-hydrogen) atoms. The fraction of sp³-hybridized carbons (Fsp3) is 0.500. The van der Waals surface area contributed by atoms with E-state index in [0.29, 0.717) is 11.8 Å². The Morgan fingerprint density at radius 1 is 1.18 bits per heavy atom. The van der Waals surface area contributed by atoms with Crippen LogP contribution in [0.5, 0.6) is 11.5 Å². The summed E-state index contributed by atoms with van der Waals surface area (Å²) in [6.45, 7) is -0.550. The maximum absolute atomic E-state index is 10.7. The highest BCUT2D eigenvalue weighted by atomic mass is 16.7. The molecule has 0 bridgehead atoms. The van der Waals surface area contributed by atoms with Gasteiger partial charge in [0.05, 0.1) is 13.7 Å². The number of hydrogen-bond donors (Lipinski definition) is 4. The molecule has 0 unspecified atom stereocenters. The van der Waals surface area contributed by atoms with Crippen LogP contribution in [0.1, 0.15) is 10.4 Å². The first-order chi connectivity index (χ1) is 10.5. The third-order valence-electron chi connectivity index (χ3n) is 3.42. The van der Waals surface area contributed by atoms with Crippen LogP contribution in [0.2, 0.25) is 0 Å². The van der Waals surface area contributed by atoms with E-state index in [0.717, 1.165) is 0 Å². The summed E-state index contributed by atoms with van der Waals surface area (Å²) in [5.41, 5.74) is 0.373. The second-order valence-electron chi connectivity index (χ2n) is 4.84. The van der Waals surface area contributed by atoms with Crippen molar-refractivity contribution in [2.24, 2.45) is 0 Å². The second-order valence-corrected chi connectivity index (χ2v) is 4.84. The summed E-state index contributed by atoms with van der Waals surface area (Å²) in [6, 6.07) is 4.37. The van der Waals surface area contributed by atoms with Gasteiger partial charge in [0.2, 0.25) is 6.29 Å². The predicted octanol–water partition coefficient (Wildman–Crippen LogP) is -1.31. The summed E-state index contributed by atoms with van der Waals surface area (Å²) < 4.78 is 15.8. The number of ether oxygens (including phenoxy) is 3. The standard InChI is InChI=1S/C14H18O8/c1-20-9-4-7(5-15)2-3-8(9)21-14-13(19)12(18)11(17)10(6-16)22-14/h2-5,10-14,16-19H,6H2,1H3/t10-,11-,12+,13-,14+/m1/s1. The second kappa shape index (κ2) is 7.03. The van der Waals surface area contributed by atoms with E-state index in [1.165, 1.54) is 25.3 Å². The first kappa shape index (κ1) is 16.7. The molecule has 1 heterocycles. The molecule has 1 aromatic carbocycles. The van der Waals surface area contributed by atoms with Crippen LogP contribution in [0.3, 0.4) is 0 Å². The fourth-order valence-corrected chi connectivity index (χ4v) is 2.14. The lowest BCUT2D eigenvalue weighted by Crippen LogP contribution is -2.60. The molecule has 8 nitrogen and oxygen atoms in total. The van der Waals surface area contributed by atoms with Crippen molar-refractivity contribution in [1.82, 2.24) is 0 Å². The first-order valence-electron chi connectivity index (χ1n) is 6.62. The largest absolute Gasteiger partial charge is 0.493 e. The van der Waals surface area contributed by atoms with Crippen molar-refractivity contribution in [3.05, 3.63) is 23.8 Å². The van der Waals surface area contributed by atoms with E-state index in [1.54, 1.807) is 0 Å². The van der Waals surface area contributed by atoms with Crippen molar-refractivity contribution in [3.63, 3.8) is 0 Å².